The lowest BCUT2D eigenvalue weighted by Gasteiger charge is -2.33. The largest absolute Gasteiger partial charge is 0.508 e. The number of hydrogen-bond acceptors (Lipinski definition) is 11. The fourth-order valence-electron chi connectivity index (χ4n) is 10.5. The minimum atomic E-state index is -0.485. The second-order valence-electron chi connectivity index (χ2n) is 21.7. The number of aromatic nitrogens is 8. The van der Waals surface area contributed by atoms with Crippen LogP contribution >= 0.6 is 12.4 Å². The lowest BCUT2D eigenvalue weighted by atomic mass is 9.94. The Kier molecular flexibility index (Phi) is 16.4. The Bertz CT molecular complexity index is 3450. The van der Waals surface area contributed by atoms with Crippen LogP contribution in [-0.4, -0.2) is 102 Å². The van der Waals surface area contributed by atoms with Crippen molar-refractivity contribution in [2.45, 2.75) is 118 Å². The summed E-state index contributed by atoms with van der Waals surface area (Å²) >= 11 is 0. The number of carbonyl (C=O) groups excluding carboxylic acids is 1. The molecule has 0 unspecified atom stereocenters. The molecule has 2 aliphatic heterocycles. The molecule has 6 heterocycles. The first kappa shape index (κ1) is 54.8. The standard InChI is InChI=1S/C31H39N5O5.C26H31N5O3.ClH/c1-19(2)23-17-24(27(38)18-26(23)37)28-32-33-29(39)36(28)22-6-7-25-21(16-22)11-15-34(25)12-8-20-9-13-35(14-10-20)30(40)41-31(3,4)5;1-16(2)20-14-21(24(33)15-23(20)32)25-28-29-26(34)31(25)19-3-4-22-18(13-19)8-12-30(22)11-7-17-5-9-27-10-6-17;/h6-7,11,15-20,37-38H,8-10,12-14H2,1-5H3,(H,33,39);3-4,8,12-17,27,32-33H,5-7,9-11H2,1-2H3,(H,29,34);1H. The van der Waals surface area contributed by atoms with Crippen molar-refractivity contribution in [3.8, 4) is 57.1 Å². The number of halogens is 1. The van der Waals surface area contributed by atoms with Gasteiger partial charge in [0.05, 0.1) is 22.5 Å². The van der Waals surface area contributed by atoms with Crippen molar-refractivity contribution in [1.29, 1.82) is 0 Å². The smallest absolute Gasteiger partial charge is 0.410 e. The van der Waals surface area contributed by atoms with E-state index in [2.05, 4.69) is 53.3 Å². The Labute approximate surface area is 447 Å². The van der Waals surface area contributed by atoms with Crippen LogP contribution in [0.25, 0.3) is 56.0 Å². The van der Waals surface area contributed by atoms with E-state index in [0.717, 1.165) is 79.6 Å². The van der Waals surface area contributed by atoms with Crippen LogP contribution in [0.3, 0.4) is 0 Å². The molecule has 19 heteroatoms. The highest BCUT2D eigenvalue weighted by Crippen LogP contribution is 2.39. The summed E-state index contributed by atoms with van der Waals surface area (Å²) in [5, 5.41) is 60.5. The number of aromatic hydroxyl groups is 4. The Morgan fingerprint density at radius 1 is 0.632 bits per heavy atom. The number of phenols is 4. The lowest BCUT2D eigenvalue weighted by Crippen LogP contribution is -2.41. The number of likely N-dealkylation sites (tertiary alicyclic amines) is 1. The number of ether oxygens (including phenoxy) is 1. The SMILES string of the molecule is CC(C)c1cc(-c2n[nH]c(=O)n2-c2ccc3c(ccn3CCC3CCN(C(=O)OC(C)(C)C)CC3)c2)c(O)cc1O.CC(C)c1cc(-c2n[nH]c(=O)n2-c2ccc3c(ccn3CCC3CCNCC3)c2)c(O)cc1O.Cl. The van der Waals surface area contributed by atoms with Gasteiger partial charge < -0.3 is 44.5 Å². The molecule has 0 spiro atoms. The van der Waals surface area contributed by atoms with E-state index in [1.807, 2.05) is 95.8 Å². The molecule has 4 aromatic carbocycles. The van der Waals surface area contributed by atoms with Crippen LogP contribution in [0.4, 0.5) is 4.79 Å². The third kappa shape index (κ3) is 11.8. The third-order valence-corrected chi connectivity index (χ3v) is 14.7. The number of carbonyl (C=O) groups is 1. The van der Waals surface area contributed by atoms with Gasteiger partial charge in [0.15, 0.2) is 11.6 Å². The number of hydrogen-bond donors (Lipinski definition) is 7. The number of phenolic OH excluding ortho intramolecular Hbond substituents is 4. The van der Waals surface area contributed by atoms with Crippen LogP contribution in [0.2, 0.25) is 0 Å². The van der Waals surface area contributed by atoms with Gasteiger partial charge in [-0.1, -0.05) is 27.7 Å². The number of benzene rings is 4. The van der Waals surface area contributed by atoms with Crippen LogP contribution in [0.1, 0.15) is 110 Å². The van der Waals surface area contributed by atoms with Gasteiger partial charge in [-0.3, -0.25) is 0 Å². The number of nitrogens with one attached hydrogen (secondary N) is 3. The van der Waals surface area contributed by atoms with Crippen molar-refractivity contribution in [3.05, 3.63) is 117 Å². The van der Waals surface area contributed by atoms with Gasteiger partial charge >= 0.3 is 17.5 Å². The summed E-state index contributed by atoms with van der Waals surface area (Å²) in [6, 6.07) is 21.8. The maximum absolute atomic E-state index is 12.8. The van der Waals surface area contributed by atoms with Crippen LogP contribution in [0.5, 0.6) is 23.0 Å². The molecule has 1 amide bonds. The van der Waals surface area contributed by atoms with Crippen LogP contribution in [0, 0.1) is 11.8 Å². The fraction of sp³-hybridized carbons (Fsp3) is 0.421. The maximum Gasteiger partial charge on any atom is 0.410 e. The zero-order valence-corrected chi connectivity index (χ0v) is 45.2. The Hall–Kier alpha value is -7.44. The van der Waals surface area contributed by atoms with Gasteiger partial charge in [0.1, 0.15) is 28.6 Å². The molecule has 8 aromatic rings. The summed E-state index contributed by atoms with van der Waals surface area (Å²) in [4.78, 5) is 39.7. The monoisotopic (exact) mass is 1060 g/mol. The summed E-state index contributed by atoms with van der Waals surface area (Å²) in [6.07, 6.45) is 10.5. The van der Waals surface area contributed by atoms with Gasteiger partial charge in [0.2, 0.25) is 0 Å². The summed E-state index contributed by atoms with van der Waals surface area (Å²) < 4.78 is 12.9. The molecule has 18 nitrogen and oxygen atoms in total. The number of H-pyrrole nitrogens is 2. The number of aryl methyl sites for hydroxylation is 2. The predicted molar refractivity (Wildman–Crippen MR) is 298 cm³/mol. The molecule has 2 fully saturated rings. The molecule has 7 N–H and O–H groups in total. The molecular weight excluding hydrogens is 988 g/mol. The van der Waals surface area contributed by atoms with Crippen LogP contribution in [-0.2, 0) is 17.8 Å². The molecule has 0 saturated carbocycles. The molecule has 0 bridgehead atoms. The van der Waals surface area contributed by atoms with Gasteiger partial charge in [0.25, 0.3) is 0 Å². The summed E-state index contributed by atoms with van der Waals surface area (Å²) in [7, 11) is 0. The predicted octanol–water partition coefficient (Wildman–Crippen LogP) is 10.3. The number of piperidine rings is 2. The molecule has 0 aliphatic carbocycles. The van der Waals surface area contributed by atoms with Gasteiger partial charge in [-0.05, 0) is 168 Å². The van der Waals surface area contributed by atoms with Gasteiger partial charge in [0, 0.05) is 72.5 Å². The molecule has 2 aliphatic rings. The second-order valence-corrected chi connectivity index (χ2v) is 21.7. The summed E-state index contributed by atoms with van der Waals surface area (Å²) in [5.74, 6) is 1.66. The van der Waals surface area contributed by atoms with Crippen LogP contribution < -0.4 is 16.7 Å². The van der Waals surface area contributed by atoms with Gasteiger partial charge in [-0.25, -0.2) is 33.7 Å². The van der Waals surface area contributed by atoms with E-state index in [1.165, 1.54) is 34.1 Å². The van der Waals surface area contributed by atoms with E-state index in [-0.39, 0.29) is 59.2 Å². The fourth-order valence-corrected chi connectivity index (χ4v) is 10.5. The topological polar surface area (TPSA) is 234 Å². The molecule has 4 aromatic heterocycles. The molecule has 10 rings (SSSR count). The van der Waals surface area contributed by atoms with Crippen molar-refractivity contribution < 1.29 is 30.0 Å². The third-order valence-electron chi connectivity index (χ3n) is 14.7. The van der Waals surface area contributed by atoms with E-state index in [9.17, 15) is 34.8 Å². The Balaban J connectivity index is 0.000000202. The lowest BCUT2D eigenvalue weighted by molar-refractivity contribution is 0.0180. The number of nitrogens with zero attached hydrogens (tertiary/aromatic N) is 7. The van der Waals surface area contributed by atoms with Crippen molar-refractivity contribution in [1.82, 2.24) is 48.9 Å². The zero-order chi connectivity index (χ0) is 53.3. The highest BCUT2D eigenvalue weighted by atomic mass is 35.5. The van der Waals surface area contributed by atoms with Gasteiger partial charge in [-0.15, -0.1) is 12.4 Å². The number of rotatable bonds is 12. The van der Waals surface area contributed by atoms with Crippen LogP contribution in [0.15, 0.2) is 94.8 Å². The van der Waals surface area contributed by atoms with Gasteiger partial charge in [-0.2, -0.15) is 10.2 Å². The highest BCUT2D eigenvalue weighted by Gasteiger charge is 2.28. The van der Waals surface area contributed by atoms with E-state index in [1.54, 1.807) is 12.1 Å². The average molecular weight is 1060 g/mol. The Morgan fingerprint density at radius 3 is 1.49 bits per heavy atom. The first-order valence-electron chi connectivity index (χ1n) is 26.2. The van der Waals surface area contributed by atoms with E-state index < -0.39 is 17.0 Å². The minimum Gasteiger partial charge on any atom is -0.508 e. The normalized spacial score (nSPS) is 14.6. The first-order valence-corrected chi connectivity index (χ1v) is 26.2. The van der Waals surface area contributed by atoms with Crippen molar-refractivity contribution in [3.63, 3.8) is 0 Å². The average Bonchev–Trinajstić information content (AvgIpc) is 4.18. The number of amides is 1. The van der Waals surface area contributed by atoms with E-state index in [4.69, 9.17) is 4.74 Å². The Morgan fingerprint density at radius 2 is 1.07 bits per heavy atom. The molecule has 404 valence electrons. The first-order chi connectivity index (χ1) is 35.8. The minimum absolute atomic E-state index is 0. The molecule has 2 saturated heterocycles. The molecular formula is C57H71ClN10O8. The zero-order valence-electron chi connectivity index (χ0n) is 44.3. The molecule has 0 radical (unpaired) electrons. The van der Waals surface area contributed by atoms with Crippen molar-refractivity contribution in [2.75, 3.05) is 26.2 Å². The van der Waals surface area contributed by atoms with E-state index >= 15 is 0 Å². The van der Waals surface area contributed by atoms with Crippen molar-refractivity contribution >= 4 is 40.3 Å². The molecule has 76 heavy (non-hydrogen) atoms. The van der Waals surface area contributed by atoms with E-state index in [0.29, 0.717) is 58.5 Å². The maximum atomic E-state index is 12.8. The molecule has 0 atom stereocenters. The number of aromatic amines is 2. The number of fused-ring (bicyclic) bond motifs is 2. The van der Waals surface area contributed by atoms with Crippen molar-refractivity contribution in [2.24, 2.45) is 11.8 Å². The summed E-state index contributed by atoms with van der Waals surface area (Å²) in [6.45, 7) is 18.9. The quantitative estimate of drug-likeness (QED) is 0.0608. The summed E-state index contributed by atoms with van der Waals surface area (Å²) in [5.41, 5.74) is 4.26. The highest BCUT2D eigenvalue weighted by molar-refractivity contribution is 5.85. The second kappa shape index (κ2) is 22.8.